The molecule has 0 atom stereocenters. The largest absolute Gasteiger partial charge is 0.462 e. The second-order valence-electron chi connectivity index (χ2n) is 2.79. The van der Waals surface area contributed by atoms with Crippen molar-refractivity contribution in [3.63, 3.8) is 0 Å². The van der Waals surface area contributed by atoms with E-state index in [4.69, 9.17) is 10.1 Å². The fourth-order valence-electron chi connectivity index (χ4n) is 1.20. The first-order valence-corrected chi connectivity index (χ1v) is 4.32. The van der Waals surface area contributed by atoms with Gasteiger partial charge >= 0.3 is 11.7 Å². The van der Waals surface area contributed by atoms with Crippen molar-refractivity contribution in [2.75, 3.05) is 6.61 Å². The number of esters is 1. The van der Waals surface area contributed by atoms with E-state index in [0.29, 0.717) is 12.2 Å². The van der Waals surface area contributed by atoms with Crippen LogP contribution in [0.5, 0.6) is 0 Å². The maximum absolute atomic E-state index is 11.5. The van der Waals surface area contributed by atoms with Crippen LogP contribution >= 0.6 is 0 Å². The summed E-state index contributed by atoms with van der Waals surface area (Å²) in [5.74, 6) is -0.460. The quantitative estimate of drug-likeness (QED) is 0.533. The third-order valence-electron chi connectivity index (χ3n) is 1.84. The number of ether oxygens (including phenoxy) is 1. The molecule has 0 spiro atoms. The van der Waals surface area contributed by atoms with E-state index < -0.39 is 5.97 Å². The Morgan fingerprint density at radius 1 is 1.57 bits per heavy atom. The first-order chi connectivity index (χ1) is 6.70. The van der Waals surface area contributed by atoms with Gasteiger partial charge in [-0.1, -0.05) is 12.1 Å². The lowest BCUT2D eigenvalue weighted by Gasteiger charge is -2.01. The molecule has 0 saturated heterocycles. The summed E-state index contributed by atoms with van der Waals surface area (Å²) in [4.78, 5) is 14.5. The van der Waals surface area contributed by atoms with Crippen LogP contribution in [0.2, 0.25) is 0 Å². The normalized spacial score (nSPS) is 9.21. The molecule has 0 amide bonds. The summed E-state index contributed by atoms with van der Waals surface area (Å²) in [6.07, 6.45) is 0. The predicted molar refractivity (Wildman–Crippen MR) is 51.9 cm³/mol. The van der Waals surface area contributed by atoms with Crippen molar-refractivity contribution in [1.82, 2.24) is 0 Å². The van der Waals surface area contributed by atoms with E-state index >= 15 is 0 Å². The Morgan fingerprint density at radius 2 is 2.29 bits per heavy atom. The molecule has 4 nitrogen and oxygen atoms in total. The number of benzene rings is 1. The minimum atomic E-state index is -0.460. The molecule has 0 fully saturated rings. The highest BCUT2D eigenvalue weighted by molar-refractivity contribution is 5.97. The molecule has 4 heteroatoms. The fourth-order valence-corrected chi connectivity index (χ4v) is 1.20. The summed E-state index contributed by atoms with van der Waals surface area (Å²) in [5, 5.41) is 8.68. The zero-order chi connectivity index (χ0) is 10.6. The Morgan fingerprint density at radius 3 is 2.86 bits per heavy atom. The minimum absolute atomic E-state index is 0.239. The van der Waals surface area contributed by atoms with Crippen LogP contribution in [0.3, 0.4) is 0 Å². The average Bonchev–Trinajstić information content (AvgIpc) is 2.17. The Balaban J connectivity index is 3.18. The lowest BCUT2D eigenvalue weighted by molar-refractivity contribution is 0.0527. The van der Waals surface area contributed by atoms with E-state index in [-0.39, 0.29) is 5.69 Å². The SMILES string of the molecule is CCOC(=O)c1c(C)cccc1[N+]#N. The number of diazo groups is 1. The summed E-state index contributed by atoms with van der Waals surface area (Å²) >= 11 is 0. The summed E-state index contributed by atoms with van der Waals surface area (Å²) < 4.78 is 4.84. The molecule has 0 heterocycles. The second kappa shape index (κ2) is 4.38. The third-order valence-corrected chi connectivity index (χ3v) is 1.84. The van der Waals surface area contributed by atoms with E-state index in [1.165, 1.54) is 0 Å². The zero-order valence-corrected chi connectivity index (χ0v) is 8.15. The number of hydrogen-bond acceptors (Lipinski definition) is 3. The first-order valence-electron chi connectivity index (χ1n) is 4.32. The number of carbonyl (C=O) groups is 1. The molecule has 0 saturated carbocycles. The van der Waals surface area contributed by atoms with Crippen molar-refractivity contribution < 1.29 is 9.53 Å². The van der Waals surface area contributed by atoms with Crippen molar-refractivity contribution in [3.8, 4) is 0 Å². The molecule has 14 heavy (non-hydrogen) atoms. The van der Waals surface area contributed by atoms with Crippen molar-refractivity contribution in [2.24, 2.45) is 0 Å². The van der Waals surface area contributed by atoms with Gasteiger partial charge in [0.15, 0.2) is 10.5 Å². The molecule has 0 N–H and O–H groups in total. The second-order valence-corrected chi connectivity index (χ2v) is 2.79. The van der Waals surface area contributed by atoms with Crippen LogP contribution in [0.25, 0.3) is 4.98 Å². The summed E-state index contributed by atoms with van der Waals surface area (Å²) in [6.45, 7) is 3.80. The molecule has 0 aliphatic carbocycles. The van der Waals surface area contributed by atoms with Crippen LogP contribution in [0, 0.1) is 12.3 Å². The van der Waals surface area contributed by atoms with E-state index in [2.05, 4.69) is 4.98 Å². The van der Waals surface area contributed by atoms with E-state index in [1.54, 1.807) is 32.0 Å². The van der Waals surface area contributed by atoms with Gasteiger partial charge in [0.05, 0.1) is 6.61 Å². The molecule has 1 aromatic rings. The van der Waals surface area contributed by atoms with Crippen LogP contribution in [-0.4, -0.2) is 12.6 Å². The molecule has 0 aromatic heterocycles. The van der Waals surface area contributed by atoms with Gasteiger partial charge in [-0.25, -0.2) is 4.79 Å². The summed E-state index contributed by atoms with van der Waals surface area (Å²) in [7, 11) is 0. The Kier molecular flexibility index (Phi) is 3.19. The van der Waals surface area contributed by atoms with Crippen LogP contribution in [-0.2, 0) is 4.74 Å². The van der Waals surface area contributed by atoms with Crippen LogP contribution in [0.1, 0.15) is 22.8 Å². The van der Waals surface area contributed by atoms with Crippen molar-refractivity contribution >= 4 is 11.7 Å². The van der Waals surface area contributed by atoms with Crippen LogP contribution in [0.15, 0.2) is 18.2 Å². The topological polar surface area (TPSA) is 54.5 Å². The Bertz CT molecular complexity index is 394. The molecular weight excluding hydrogens is 180 g/mol. The molecule has 0 aliphatic rings. The van der Waals surface area contributed by atoms with Gasteiger partial charge < -0.3 is 4.74 Å². The van der Waals surface area contributed by atoms with Crippen LogP contribution < -0.4 is 0 Å². The van der Waals surface area contributed by atoms with Gasteiger partial charge in [0.1, 0.15) is 0 Å². The smallest absolute Gasteiger partial charge is 0.399 e. The fraction of sp³-hybridized carbons (Fsp3) is 0.300. The van der Waals surface area contributed by atoms with Gasteiger partial charge in [-0.05, 0) is 19.4 Å². The van der Waals surface area contributed by atoms with Gasteiger partial charge in [0.2, 0.25) is 5.39 Å². The molecule has 0 aliphatic heterocycles. The standard InChI is InChI=1S/C10H11N2O2/c1-3-14-10(13)9-7(2)5-4-6-8(9)12-11/h4-6H,3H2,1-2H3/q+1. The number of hydrogen-bond donors (Lipinski definition) is 0. The van der Waals surface area contributed by atoms with Crippen molar-refractivity contribution in [3.05, 3.63) is 34.3 Å². The van der Waals surface area contributed by atoms with Crippen molar-refractivity contribution in [1.29, 1.82) is 5.39 Å². The number of nitrogens with zero attached hydrogens (tertiary/aromatic N) is 2. The molecule has 0 radical (unpaired) electrons. The Labute approximate surface area is 82.1 Å². The number of rotatable bonds is 2. The molecule has 1 aromatic carbocycles. The highest BCUT2D eigenvalue weighted by Gasteiger charge is 2.23. The lowest BCUT2D eigenvalue weighted by Crippen LogP contribution is -2.06. The molecule has 0 unspecified atom stereocenters. The number of aryl methyl sites for hydroxylation is 1. The molecule has 1 rings (SSSR count). The van der Waals surface area contributed by atoms with E-state index in [0.717, 1.165) is 5.56 Å². The van der Waals surface area contributed by atoms with Crippen LogP contribution in [0.4, 0.5) is 5.69 Å². The maximum Gasteiger partial charge on any atom is 0.399 e. The summed E-state index contributed by atoms with van der Waals surface area (Å²) in [5.41, 5.74) is 1.29. The molecule has 0 bridgehead atoms. The Hall–Kier alpha value is -1.89. The zero-order valence-electron chi connectivity index (χ0n) is 8.15. The van der Waals surface area contributed by atoms with Gasteiger partial charge in [-0.2, -0.15) is 0 Å². The summed E-state index contributed by atoms with van der Waals surface area (Å²) in [6, 6.07) is 5.04. The van der Waals surface area contributed by atoms with Gasteiger partial charge in [0.25, 0.3) is 0 Å². The van der Waals surface area contributed by atoms with E-state index in [1.807, 2.05) is 0 Å². The van der Waals surface area contributed by atoms with Crippen molar-refractivity contribution in [2.45, 2.75) is 13.8 Å². The number of carbonyl (C=O) groups excluding carboxylic acids is 1. The average molecular weight is 191 g/mol. The maximum atomic E-state index is 11.5. The highest BCUT2D eigenvalue weighted by Crippen LogP contribution is 2.23. The third kappa shape index (κ3) is 1.88. The minimum Gasteiger partial charge on any atom is -0.462 e. The monoisotopic (exact) mass is 191 g/mol. The van der Waals surface area contributed by atoms with Gasteiger partial charge in [0, 0.05) is 6.07 Å². The highest BCUT2D eigenvalue weighted by atomic mass is 16.5. The predicted octanol–water partition coefficient (Wildman–Crippen LogP) is 2.66. The first kappa shape index (κ1) is 10.2. The van der Waals surface area contributed by atoms with Gasteiger partial charge in [-0.15, -0.1) is 0 Å². The van der Waals surface area contributed by atoms with Gasteiger partial charge in [-0.3, -0.25) is 0 Å². The van der Waals surface area contributed by atoms with E-state index in [9.17, 15) is 4.79 Å². The lowest BCUT2D eigenvalue weighted by atomic mass is 10.1. The molecule has 72 valence electrons. The molecular formula is C10H11N2O2+.